The molecule has 0 aliphatic heterocycles. The van der Waals surface area contributed by atoms with E-state index in [0.29, 0.717) is 5.82 Å². The summed E-state index contributed by atoms with van der Waals surface area (Å²) in [4.78, 5) is 7.79. The van der Waals surface area contributed by atoms with Crippen LogP contribution in [0.3, 0.4) is 0 Å². The van der Waals surface area contributed by atoms with Crippen molar-refractivity contribution in [3.8, 4) is 22.5 Å². The van der Waals surface area contributed by atoms with Crippen molar-refractivity contribution < 1.29 is 5.11 Å². The van der Waals surface area contributed by atoms with Crippen LogP contribution in [-0.2, 0) is 0 Å². The fourth-order valence-corrected chi connectivity index (χ4v) is 2.21. The maximum atomic E-state index is 9.76. The molecule has 1 aromatic heterocycles. The Balaban J connectivity index is 2.18. The highest BCUT2D eigenvalue weighted by Gasteiger charge is 2.15. The van der Waals surface area contributed by atoms with E-state index in [1.165, 1.54) is 0 Å². The summed E-state index contributed by atoms with van der Waals surface area (Å²) < 4.78 is 0. The number of hydrogen-bond acceptors (Lipinski definition) is 2. The topological polar surface area (TPSA) is 48.9 Å². The number of rotatable bonds is 3. The Labute approximate surface area is 117 Å². The van der Waals surface area contributed by atoms with Crippen LogP contribution in [0.4, 0.5) is 0 Å². The molecule has 1 atom stereocenters. The third kappa shape index (κ3) is 2.36. The Bertz CT molecular complexity index is 631. The summed E-state index contributed by atoms with van der Waals surface area (Å²) in [5, 5.41) is 9.76. The number of nitrogens with one attached hydrogen (secondary N) is 1. The number of H-pyrrole nitrogens is 1. The summed E-state index contributed by atoms with van der Waals surface area (Å²) in [6.45, 7) is 1.71. The standard InChI is InChI=1S/C17H16N2O/c1-12(20)17-18-15(13-8-4-2-5-9-13)16(19-17)14-10-6-3-7-11-14/h2-12,20H,1H3,(H,18,19). The Morgan fingerprint density at radius 2 is 1.45 bits per heavy atom. The number of aromatic nitrogens is 2. The number of hydrogen-bond donors (Lipinski definition) is 2. The number of benzene rings is 2. The van der Waals surface area contributed by atoms with Crippen molar-refractivity contribution in [3.63, 3.8) is 0 Å². The van der Waals surface area contributed by atoms with Crippen LogP contribution in [0, 0.1) is 0 Å². The minimum Gasteiger partial charge on any atom is -0.385 e. The van der Waals surface area contributed by atoms with E-state index >= 15 is 0 Å². The van der Waals surface area contributed by atoms with Gasteiger partial charge in [-0.15, -0.1) is 0 Å². The van der Waals surface area contributed by atoms with Crippen LogP contribution in [0.1, 0.15) is 18.9 Å². The van der Waals surface area contributed by atoms with E-state index in [0.717, 1.165) is 22.5 Å². The second-order valence-electron chi connectivity index (χ2n) is 4.75. The molecule has 2 aromatic carbocycles. The summed E-state index contributed by atoms with van der Waals surface area (Å²) in [7, 11) is 0. The van der Waals surface area contributed by atoms with E-state index in [-0.39, 0.29) is 0 Å². The lowest BCUT2D eigenvalue weighted by Crippen LogP contribution is -1.93. The molecule has 3 nitrogen and oxygen atoms in total. The molecule has 100 valence electrons. The SMILES string of the molecule is CC(O)c1nc(-c2ccccc2)c(-c2ccccc2)[nH]1. The van der Waals surface area contributed by atoms with Gasteiger partial charge >= 0.3 is 0 Å². The average molecular weight is 264 g/mol. The van der Waals surface area contributed by atoms with Gasteiger partial charge in [0, 0.05) is 11.1 Å². The van der Waals surface area contributed by atoms with E-state index in [1.54, 1.807) is 6.92 Å². The highest BCUT2D eigenvalue weighted by atomic mass is 16.3. The first kappa shape index (κ1) is 12.6. The minimum atomic E-state index is -0.616. The fraction of sp³-hybridized carbons (Fsp3) is 0.118. The van der Waals surface area contributed by atoms with Crippen molar-refractivity contribution in [3.05, 3.63) is 66.5 Å². The normalized spacial score (nSPS) is 12.3. The Hall–Kier alpha value is -2.39. The zero-order valence-corrected chi connectivity index (χ0v) is 11.2. The van der Waals surface area contributed by atoms with Gasteiger partial charge in [0.1, 0.15) is 11.9 Å². The molecule has 0 aliphatic carbocycles. The van der Waals surface area contributed by atoms with Gasteiger partial charge in [-0.2, -0.15) is 0 Å². The molecule has 1 unspecified atom stereocenters. The van der Waals surface area contributed by atoms with Crippen molar-refractivity contribution in [2.75, 3.05) is 0 Å². The lowest BCUT2D eigenvalue weighted by atomic mass is 10.1. The van der Waals surface area contributed by atoms with E-state index in [1.807, 2.05) is 60.7 Å². The monoisotopic (exact) mass is 264 g/mol. The largest absolute Gasteiger partial charge is 0.385 e. The molecular formula is C17H16N2O. The quantitative estimate of drug-likeness (QED) is 0.756. The van der Waals surface area contributed by atoms with Crippen molar-refractivity contribution >= 4 is 0 Å². The van der Waals surface area contributed by atoms with Crippen LogP contribution in [0.5, 0.6) is 0 Å². The Morgan fingerprint density at radius 1 is 0.900 bits per heavy atom. The first-order valence-corrected chi connectivity index (χ1v) is 6.64. The molecule has 0 spiro atoms. The minimum absolute atomic E-state index is 0.586. The van der Waals surface area contributed by atoms with Crippen LogP contribution >= 0.6 is 0 Å². The molecule has 1 heterocycles. The van der Waals surface area contributed by atoms with Crippen LogP contribution in [0.25, 0.3) is 22.5 Å². The number of aliphatic hydroxyl groups is 1. The van der Waals surface area contributed by atoms with Crippen molar-refractivity contribution in [2.45, 2.75) is 13.0 Å². The number of nitrogens with zero attached hydrogens (tertiary/aromatic N) is 1. The average Bonchev–Trinajstić information content (AvgIpc) is 2.94. The number of aliphatic hydroxyl groups excluding tert-OH is 1. The molecular weight excluding hydrogens is 248 g/mol. The number of imidazole rings is 1. The highest BCUT2D eigenvalue weighted by molar-refractivity contribution is 5.78. The van der Waals surface area contributed by atoms with Gasteiger partial charge in [0.15, 0.2) is 0 Å². The molecule has 0 radical (unpaired) electrons. The van der Waals surface area contributed by atoms with Crippen LogP contribution < -0.4 is 0 Å². The van der Waals surface area contributed by atoms with Gasteiger partial charge in [0.05, 0.1) is 11.4 Å². The molecule has 0 saturated heterocycles. The first-order chi connectivity index (χ1) is 9.75. The second-order valence-corrected chi connectivity index (χ2v) is 4.75. The third-order valence-corrected chi connectivity index (χ3v) is 3.23. The van der Waals surface area contributed by atoms with Gasteiger partial charge < -0.3 is 10.1 Å². The van der Waals surface area contributed by atoms with Crippen molar-refractivity contribution in [1.29, 1.82) is 0 Å². The van der Waals surface area contributed by atoms with Crippen LogP contribution in [0.15, 0.2) is 60.7 Å². The lowest BCUT2D eigenvalue weighted by Gasteiger charge is -2.02. The molecule has 0 bridgehead atoms. The van der Waals surface area contributed by atoms with Crippen LogP contribution in [-0.4, -0.2) is 15.1 Å². The first-order valence-electron chi connectivity index (χ1n) is 6.64. The second kappa shape index (κ2) is 5.31. The van der Waals surface area contributed by atoms with Crippen LogP contribution in [0.2, 0.25) is 0 Å². The molecule has 0 amide bonds. The fourth-order valence-electron chi connectivity index (χ4n) is 2.21. The maximum absolute atomic E-state index is 9.76. The summed E-state index contributed by atoms with van der Waals surface area (Å²) in [5.74, 6) is 0.586. The summed E-state index contributed by atoms with van der Waals surface area (Å²) in [5.41, 5.74) is 3.90. The van der Waals surface area contributed by atoms with E-state index < -0.39 is 6.10 Å². The summed E-state index contributed by atoms with van der Waals surface area (Å²) in [6, 6.07) is 20.0. The molecule has 0 fully saturated rings. The smallest absolute Gasteiger partial charge is 0.135 e. The molecule has 20 heavy (non-hydrogen) atoms. The molecule has 3 aromatic rings. The Morgan fingerprint density at radius 3 is 2.00 bits per heavy atom. The molecule has 3 heteroatoms. The van der Waals surface area contributed by atoms with Gasteiger partial charge in [0.25, 0.3) is 0 Å². The predicted molar refractivity (Wildman–Crippen MR) is 80.1 cm³/mol. The van der Waals surface area contributed by atoms with Gasteiger partial charge in [-0.25, -0.2) is 4.98 Å². The van der Waals surface area contributed by atoms with Crippen molar-refractivity contribution in [2.24, 2.45) is 0 Å². The summed E-state index contributed by atoms with van der Waals surface area (Å²) >= 11 is 0. The van der Waals surface area contributed by atoms with Gasteiger partial charge in [-0.1, -0.05) is 60.7 Å². The highest BCUT2D eigenvalue weighted by Crippen LogP contribution is 2.31. The third-order valence-electron chi connectivity index (χ3n) is 3.23. The molecule has 0 aliphatic rings. The summed E-state index contributed by atoms with van der Waals surface area (Å²) in [6.07, 6.45) is -0.616. The van der Waals surface area contributed by atoms with E-state index in [4.69, 9.17) is 0 Å². The van der Waals surface area contributed by atoms with Gasteiger partial charge in [-0.05, 0) is 6.92 Å². The molecule has 2 N–H and O–H groups in total. The van der Waals surface area contributed by atoms with E-state index in [9.17, 15) is 5.11 Å². The van der Waals surface area contributed by atoms with E-state index in [2.05, 4.69) is 9.97 Å². The molecule has 3 rings (SSSR count). The lowest BCUT2D eigenvalue weighted by molar-refractivity contribution is 0.190. The predicted octanol–water partition coefficient (Wildman–Crippen LogP) is 3.80. The van der Waals surface area contributed by atoms with Gasteiger partial charge in [-0.3, -0.25) is 0 Å². The van der Waals surface area contributed by atoms with Crippen molar-refractivity contribution in [1.82, 2.24) is 9.97 Å². The zero-order valence-electron chi connectivity index (χ0n) is 11.2. The maximum Gasteiger partial charge on any atom is 0.135 e. The van der Waals surface area contributed by atoms with Gasteiger partial charge in [0.2, 0.25) is 0 Å². The molecule has 0 saturated carbocycles. The number of aromatic amines is 1. The zero-order chi connectivity index (χ0) is 13.9. The Kier molecular flexibility index (Phi) is 3.35.